The first-order chi connectivity index (χ1) is 5.65. The maximum Gasteiger partial charge on any atom is 0.313 e. The van der Waals surface area contributed by atoms with Crippen molar-refractivity contribution in [3.63, 3.8) is 0 Å². The minimum atomic E-state index is -0.473. The van der Waals surface area contributed by atoms with Gasteiger partial charge in [0.05, 0.1) is 18.6 Å². The van der Waals surface area contributed by atoms with Crippen LogP contribution in [0.25, 0.3) is 0 Å². The Bertz CT molecular complexity index is 208. The monoisotopic (exact) mass is 170 g/mol. The predicted molar refractivity (Wildman–Crippen MR) is 44.5 cm³/mol. The number of aliphatic hydroxyl groups excluding tert-OH is 1. The summed E-state index contributed by atoms with van der Waals surface area (Å²) in [5, 5.41) is 9.20. The smallest absolute Gasteiger partial charge is 0.313 e. The Hall–Kier alpha value is -0.830. The maximum atomic E-state index is 11.2. The standard InChI is InChI=1S/C9H14O3/c1-3-12-9(11)8-5-7(10)4-6(8)2/h4,7-8,10H,3,5H2,1-2H3/t7-,8+/m1/s1. The van der Waals surface area contributed by atoms with Gasteiger partial charge in [-0.1, -0.05) is 11.6 Å². The first kappa shape index (κ1) is 9.26. The molecule has 0 aromatic carbocycles. The van der Waals surface area contributed by atoms with E-state index in [9.17, 15) is 9.90 Å². The van der Waals surface area contributed by atoms with Gasteiger partial charge in [0.2, 0.25) is 0 Å². The van der Waals surface area contributed by atoms with Gasteiger partial charge in [-0.2, -0.15) is 0 Å². The summed E-state index contributed by atoms with van der Waals surface area (Å²) in [7, 11) is 0. The molecule has 0 unspecified atom stereocenters. The molecule has 0 saturated carbocycles. The number of carbonyl (C=O) groups is 1. The highest BCUT2D eigenvalue weighted by atomic mass is 16.5. The van der Waals surface area contributed by atoms with E-state index >= 15 is 0 Å². The molecule has 0 aliphatic heterocycles. The van der Waals surface area contributed by atoms with Crippen LogP contribution < -0.4 is 0 Å². The molecule has 1 aliphatic rings. The van der Waals surface area contributed by atoms with E-state index in [-0.39, 0.29) is 11.9 Å². The molecule has 68 valence electrons. The third-order valence-electron chi connectivity index (χ3n) is 2.05. The van der Waals surface area contributed by atoms with Crippen molar-refractivity contribution in [1.29, 1.82) is 0 Å². The first-order valence-corrected chi connectivity index (χ1v) is 4.18. The third-order valence-corrected chi connectivity index (χ3v) is 2.05. The zero-order chi connectivity index (χ0) is 9.14. The molecule has 0 aromatic rings. The fourth-order valence-corrected chi connectivity index (χ4v) is 1.44. The fourth-order valence-electron chi connectivity index (χ4n) is 1.44. The van der Waals surface area contributed by atoms with Gasteiger partial charge in [-0.15, -0.1) is 0 Å². The van der Waals surface area contributed by atoms with E-state index in [4.69, 9.17) is 4.74 Å². The summed E-state index contributed by atoms with van der Waals surface area (Å²) in [6.07, 6.45) is 1.71. The quantitative estimate of drug-likeness (QED) is 0.494. The zero-order valence-electron chi connectivity index (χ0n) is 7.41. The molecule has 0 fully saturated rings. The number of ether oxygens (including phenoxy) is 1. The second-order valence-electron chi connectivity index (χ2n) is 3.02. The van der Waals surface area contributed by atoms with Crippen LogP contribution in [0.2, 0.25) is 0 Å². The van der Waals surface area contributed by atoms with Gasteiger partial charge in [-0.25, -0.2) is 0 Å². The highest BCUT2D eigenvalue weighted by Crippen LogP contribution is 2.26. The molecule has 0 heterocycles. The molecule has 0 aromatic heterocycles. The van der Waals surface area contributed by atoms with Crippen molar-refractivity contribution < 1.29 is 14.6 Å². The summed E-state index contributed by atoms with van der Waals surface area (Å²) in [5.41, 5.74) is 0.918. The lowest BCUT2D eigenvalue weighted by Crippen LogP contribution is -2.18. The summed E-state index contributed by atoms with van der Waals surface area (Å²) in [4.78, 5) is 11.2. The van der Waals surface area contributed by atoms with E-state index in [1.54, 1.807) is 13.0 Å². The van der Waals surface area contributed by atoms with E-state index < -0.39 is 6.10 Å². The second-order valence-corrected chi connectivity index (χ2v) is 3.02. The summed E-state index contributed by atoms with van der Waals surface area (Å²) in [5.74, 6) is -0.442. The van der Waals surface area contributed by atoms with E-state index in [0.29, 0.717) is 13.0 Å². The predicted octanol–water partition coefficient (Wildman–Crippen LogP) is 0.877. The minimum Gasteiger partial charge on any atom is -0.466 e. The van der Waals surface area contributed by atoms with Gasteiger partial charge >= 0.3 is 5.97 Å². The van der Waals surface area contributed by atoms with Crippen LogP contribution in [0.1, 0.15) is 20.3 Å². The topological polar surface area (TPSA) is 46.5 Å². The SMILES string of the molecule is CCOC(=O)[C@H]1C[C@H](O)C=C1C. The van der Waals surface area contributed by atoms with Crippen molar-refractivity contribution in [2.45, 2.75) is 26.4 Å². The Morgan fingerprint density at radius 2 is 2.50 bits per heavy atom. The summed E-state index contributed by atoms with van der Waals surface area (Å²) < 4.78 is 4.85. The Morgan fingerprint density at radius 3 is 2.92 bits per heavy atom. The van der Waals surface area contributed by atoms with Gasteiger partial charge in [-0.05, 0) is 20.3 Å². The number of hydrogen-bond donors (Lipinski definition) is 1. The van der Waals surface area contributed by atoms with Crippen molar-refractivity contribution in [3.8, 4) is 0 Å². The van der Waals surface area contributed by atoms with E-state index in [0.717, 1.165) is 5.57 Å². The van der Waals surface area contributed by atoms with Gasteiger partial charge in [0.25, 0.3) is 0 Å². The molecule has 0 radical (unpaired) electrons. The van der Waals surface area contributed by atoms with Crippen LogP contribution in [-0.2, 0) is 9.53 Å². The van der Waals surface area contributed by atoms with Gasteiger partial charge in [0.1, 0.15) is 0 Å². The zero-order valence-corrected chi connectivity index (χ0v) is 7.41. The first-order valence-electron chi connectivity index (χ1n) is 4.18. The summed E-state index contributed by atoms with van der Waals surface area (Å²) in [6, 6.07) is 0. The molecule has 12 heavy (non-hydrogen) atoms. The maximum absolute atomic E-state index is 11.2. The Labute approximate surface area is 72.0 Å². The molecule has 0 saturated heterocycles. The van der Waals surface area contributed by atoms with Gasteiger partial charge in [0, 0.05) is 0 Å². The molecule has 1 N–H and O–H groups in total. The van der Waals surface area contributed by atoms with Crippen molar-refractivity contribution in [2.75, 3.05) is 6.61 Å². The normalized spacial score (nSPS) is 28.4. The average Bonchev–Trinajstić information content (AvgIpc) is 2.30. The molecule has 3 heteroatoms. The molecule has 2 atom stereocenters. The van der Waals surface area contributed by atoms with Crippen molar-refractivity contribution in [1.82, 2.24) is 0 Å². The molecule has 1 aliphatic carbocycles. The number of aliphatic hydroxyl groups is 1. The summed E-state index contributed by atoms with van der Waals surface area (Å²) >= 11 is 0. The Morgan fingerprint density at radius 1 is 1.83 bits per heavy atom. The van der Waals surface area contributed by atoms with Crippen LogP contribution in [-0.4, -0.2) is 23.8 Å². The molecule has 0 amide bonds. The number of hydrogen-bond acceptors (Lipinski definition) is 3. The summed E-state index contributed by atoms with van der Waals surface area (Å²) in [6.45, 7) is 4.03. The Kier molecular flexibility index (Phi) is 2.87. The van der Waals surface area contributed by atoms with Crippen LogP contribution in [0.15, 0.2) is 11.6 Å². The van der Waals surface area contributed by atoms with Gasteiger partial charge in [0.15, 0.2) is 0 Å². The van der Waals surface area contributed by atoms with Crippen LogP contribution in [0.5, 0.6) is 0 Å². The lowest BCUT2D eigenvalue weighted by atomic mass is 10.0. The molecule has 0 spiro atoms. The van der Waals surface area contributed by atoms with Crippen LogP contribution in [0.3, 0.4) is 0 Å². The average molecular weight is 170 g/mol. The molecular weight excluding hydrogens is 156 g/mol. The minimum absolute atomic E-state index is 0.220. The molecular formula is C9H14O3. The molecule has 3 nitrogen and oxygen atoms in total. The van der Waals surface area contributed by atoms with Crippen LogP contribution in [0, 0.1) is 5.92 Å². The van der Waals surface area contributed by atoms with E-state index in [2.05, 4.69) is 0 Å². The van der Waals surface area contributed by atoms with Crippen LogP contribution >= 0.6 is 0 Å². The molecule has 1 rings (SSSR count). The van der Waals surface area contributed by atoms with Gasteiger partial charge in [-0.3, -0.25) is 4.79 Å². The van der Waals surface area contributed by atoms with Crippen molar-refractivity contribution in [3.05, 3.63) is 11.6 Å². The van der Waals surface area contributed by atoms with Crippen molar-refractivity contribution >= 4 is 5.97 Å². The lowest BCUT2D eigenvalue weighted by molar-refractivity contribution is -0.147. The largest absolute Gasteiger partial charge is 0.466 e. The number of esters is 1. The van der Waals surface area contributed by atoms with Gasteiger partial charge < -0.3 is 9.84 Å². The highest BCUT2D eigenvalue weighted by molar-refractivity contribution is 5.76. The fraction of sp³-hybridized carbons (Fsp3) is 0.667. The lowest BCUT2D eigenvalue weighted by Gasteiger charge is -2.10. The number of rotatable bonds is 2. The highest BCUT2D eigenvalue weighted by Gasteiger charge is 2.29. The Balaban J connectivity index is 2.55. The molecule has 0 bridgehead atoms. The van der Waals surface area contributed by atoms with Crippen molar-refractivity contribution in [2.24, 2.45) is 5.92 Å². The third kappa shape index (κ3) is 1.85. The number of carbonyl (C=O) groups excluding carboxylic acids is 1. The van der Waals surface area contributed by atoms with Crippen LogP contribution in [0.4, 0.5) is 0 Å². The van der Waals surface area contributed by atoms with E-state index in [1.807, 2.05) is 6.92 Å². The van der Waals surface area contributed by atoms with E-state index in [1.165, 1.54) is 0 Å². The second kappa shape index (κ2) is 3.72.